The van der Waals surface area contributed by atoms with Crippen LogP contribution in [0.2, 0.25) is 32.7 Å². The van der Waals surface area contributed by atoms with E-state index in [2.05, 4.69) is 87.3 Å². The average Bonchev–Trinajstić information content (AvgIpc) is 2.43. The highest BCUT2D eigenvalue weighted by Crippen LogP contribution is 2.26. The Morgan fingerprint density at radius 1 is 0.619 bits per heavy atom. The molecular formula is C19H24Si2. The molecule has 0 bridgehead atoms. The average molecular weight is 309 g/mol. The number of hydrogen-bond acceptors (Lipinski definition) is 0. The summed E-state index contributed by atoms with van der Waals surface area (Å²) in [6.07, 6.45) is 0. The Hall–Kier alpha value is -1.39. The maximum Gasteiger partial charge on any atom is 0.0744 e. The van der Waals surface area contributed by atoms with Crippen LogP contribution in [0.3, 0.4) is 0 Å². The molecule has 0 spiro atoms. The summed E-state index contributed by atoms with van der Waals surface area (Å²) in [5.41, 5.74) is 0. The molecule has 0 aliphatic heterocycles. The van der Waals surface area contributed by atoms with Gasteiger partial charge in [0, 0.05) is 7.59 Å². The third-order valence-corrected chi connectivity index (χ3v) is 22.9. The molecule has 0 atom stereocenters. The highest BCUT2D eigenvalue weighted by Gasteiger charge is 2.39. The van der Waals surface area contributed by atoms with E-state index in [9.17, 15) is 0 Å². The molecule has 0 aliphatic carbocycles. The molecule has 3 aromatic rings. The molecular weight excluding hydrogens is 284 g/mol. The van der Waals surface area contributed by atoms with E-state index < -0.39 is 15.2 Å². The number of rotatable bonds is 2. The van der Waals surface area contributed by atoms with Crippen molar-refractivity contribution in [3.05, 3.63) is 54.6 Å². The first-order chi connectivity index (χ1) is 9.80. The fourth-order valence-electron chi connectivity index (χ4n) is 2.92. The molecule has 2 heteroatoms. The summed E-state index contributed by atoms with van der Waals surface area (Å²) in [5.74, 6) is 0. The molecule has 0 saturated carbocycles. The summed E-state index contributed by atoms with van der Waals surface area (Å²) in [4.78, 5) is 0. The Morgan fingerprint density at radius 3 is 1.81 bits per heavy atom. The fourth-order valence-corrected chi connectivity index (χ4v) is 8.20. The van der Waals surface area contributed by atoms with E-state index in [1.54, 1.807) is 5.19 Å². The predicted octanol–water partition coefficient (Wildman–Crippen LogP) is 5.33. The van der Waals surface area contributed by atoms with Crippen molar-refractivity contribution in [3.8, 4) is 0 Å². The Balaban J connectivity index is 2.36. The first kappa shape index (κ1) is 14.5. The molecule has 3 aromatic carbocycles. The van der Waals surface area contributed by atoms with Crippen LogP contribution in [0.1, 0.15) is 0 Å². The third kappa shape index (κ3) is 2.36. The minimum Gasteiger partial charge on any atom is -0.0712 e. The van der Waals surface area contributed by atoms with Crippen LogP contribution >= 0.6 is 0 Å². The van der Waals surface area contributed by atoms with Gasteiger partial charge >= 0.3 is 0 Å². The summed E-state index contributed by atoms with van der Waals surface area (Å²) < 4.78 is 0. The van der Waals surface area contributed by atoms with Crippen molar-refractivity contribution in [3.63, 3.8) is 0 Å². The second-order valence-corrected chi connectivity index (χ2v) is 24.1. The van der Waals surface area contributed by atoms with E-state index in [1.807, 2.05) is 0 Å². The molecule has 0 fully saturated rings. The number of fused-ring (bicyclic) bond motifs is 2. The minimum absolute atomic E-state index is 1.17. The second kappa shape index (κ2) is 4.82. The number of benzene rings is 3. The van der Waals surface area contributed by atoms with Gasteiger partial charge in [0.25, 0.3) is 0 Å². The van der Waals surface area contributed by atoms with Gasteiger partial charge in [-0.3, -0.25) is 0 Å². The molecule has 0 nitrogen and oxygen atoms in total. The maximum absolute atomic E-state index is 2.56. The van der Waals surface area contributed by atoms with E-state index in [-0.39, 0.29) is 0 Å². The summed E-state index contributed by atoms with van der Waals surface area (Å²) in [5, 5.41) is 7.22. The smallest absolute Gasteiger partial charge is 0.0712 e. The zero-order valence-electron chi connectivity index (χ0n) is 13.7. The van der Waals surface area contributed by atoms with Crippen LogP contribution in [0, 0.1) is 0 Å². The largest absolute Gasteiger partial charge is 0.0744 e. The first-order valence-electron chi connectivity index (χ1n) is 7.73. The quantitative estimate of drug-likeness (QED) is 0.444. The van der Waals surface area contributed by atoms with Gasteiger partial charge in [0.2, 0.25) is 0 Å². The molecule has 0 radical (unpaired) electrons. The topological polar surface area (TPSA) is 0 Å². The van der Waals surface area contributed by atoms with Crippen molar-refractivity contribution >= 4 is 41.9 Å². The predicted molar refractivity (Wildman–Crippen MR) is 102 cm³/mol. The number of hydrogen-bond donors (Lipinski definition) is 0. The van der Waals surface area contributed by atoms with Crippen LogP contribution in [0.4, 0.5) is 0 Å². The van der Waals surface area contributed by atoms with Gasteiger partial charge in [-0.05, 0) is 33.7 Å². The fraction of sp³-hybridized carbons (Fsp3) is 0.263. The Labute approximate surface area is 129 Å². The van der Waals surface area contributed by atoms with E-state index >= 15 is 0 Å². The van der Waals surface area contributed by atoms with Crippen molar-refractivity contribution in [1.29, 1.82) is 0 Å². The van der Waals surface area contributed by atoms with E-state index in [0.717, 1.165) is 0 Å². The summed E-state index contributed by atoms with van der Waals surface area (Å²) in [6, 6.07) is 20.4. The van der Waals surface area contributed by atoms with Gasteiger partial charge in [0.1, 0.15) is 0 Å². The van der Waals surface area contributed by atoms with Gasteiger partial charge < -0.3 is 0 Å². The summed E-state index contributed by atoms with van der Waals surface area (Å²) >= 11 is 0. The minimum atomic E-state index is -1.39. The third-order valence-electron chi connectivity index (χ3n) is 5.30. The molecule has 0 unspecified atom stereocenters. The van der Waals surface area contributed by atoms with Gasteiger partial charge in [-0.15, -0.1) is 0 Å². The molecule has 0 aliphatic rings. The molecule has 3 rings (SSSR count). The van der Waals surface area contributed by atoms with Crippen LogP contribution in [-0.2, 0) is 0 Å². The van der Waals surface area contributed by atoms with Crippen LogP contribution in [0.15, 0.2) is 54.6 Å². The van der Waals surface area contributed by atoms with Crippen LogP contribution in [-0.4, -0.2) is 15.2 Å². The van der Waals surface area contributed by atoms with Crippen molar-refractivity contribution in [2.45, 2.75) is 32.7 Å². The second-order valence-electron chi connectivity index (χ2n) is 7.60. The Morgan fingerprint density at radius 2 is 1.19 bits per heavy atom. The lowest BCUT2D eigenvalue weighted by Gasteiger charge is -2.36. The molecule has 108 valence electrons. The standard InChI is InChI=1S/C19H24Si2/c1-20(2,3)21(4,5)19-12-8-11-17-13-15-9-6-7-10-16(15)14-18(17)19/h6-14H,1-5H3. The molecule has 0 heterocycles. The monoisotopic (exact) mass is 308 g/mol. The van der Waals surface area contributed by atoms with E-state index in [1.165, 1.54) is 21.5 Å². The van der Waals surface area contributed by atoms with Crippen molar-refractivity contribution < 1.29 is 0 Å². The van der Waals surface area contributed by atoms with Crippen LogP contribution in [0.25, 0.3) is 21.5 Å². The first-order valence-corrected chi connectivity index (χ1v) is 15.2. The van der Waals surface area contributed by atoms with Crippen molar-refractivity contribution in [1.82, 2.24) is 0 Å². The molecule has 0 amide bonds. The lowest BCUT2D eigenvalue weighted by atomic mass is 10.0. The van der Waals surface area contributed by atoms with Gasteiger partial charge in [0.15, 0.2) is 0 Å². The van der Waals surface area contributed by atoms with Crippen LogP contribution < -0.4 is 5.19 Å². The molecule has 21 heavy (non-hydrogen) atoms. The van der Waals surface area contributed by atoms with Gasteiger partial charge in [-0.2, -0.15) is 0 Å². The highest BCUT2D eigenvalue weighted by molar-refractivity contribution is 7.45. The van der Waals surface area contributed by atoms with Gasteiger partial charge in [0.05, 0.1) is 7.59 Å². The lowest BCUT2D eigenvalue weighted by Crippen LogP contribution is -2.61. The molecule has 0 saturated heterocycles. The normalized spacial score (nSPS) is 13.0. The summed E-state index contributed by atoms with van der Waals surface area (Å²) in [6.45, 7) is 12.7. The summed E-state index contributed by atoms with van der Waals surface area (Å²) in [7, 11) is -2.57. The van der Waals surface area contributed by atoms with Gasteiger partial charge in [-0.25, -0.2) is 0 Å². The van der Waals surface area contributed by atoms with Crippen LogP contribution in [0.5, 0.6) is 0 Å². The SMILES string of the molecule is C[Si](C)(C)[Si](C)(C)c1cccc2cc3ccccc3cc12. The maximum atomic E-state index is 2.56. The Bertz CT molecular complexity index is 811. The molecule has 0 aromatic heterocycles. The zero-order valence-corrected chi connectivity index (χ0v) is 15.7. The van der Waals surface area contributed by atoms with Crippen molar-refractivity contribution in [2.24, 2.45) is 0 Å². The Kier molecular flexibility index (Phi) is 3.34. The van der Waals surface area contributed by atoms with Gasteiger partial charge in [-0.1, -0.05) is 80.4 Å². The van der Waals surface area contributed by atoms with E-state index in [0.29, 0.717) is 0 Å². The van der Waals surface area contributed by atoms with E-state index in [4.69, 9.17) is 0 Å². The van der Waals surface area contributed by atoms with Crippen molar-refractivity contribution in [2.75, 3.05) is 0 Å². The molecule has 0 N–H and O–H groups in total. The zero-order chi connectivity index (χ0) is 15.3. The highest BCUT2D eigenvalue weighted by atomic mass is 29.3. The lowest BCUT2D eigenvalue weighted by molar-refractivity contribution is 1.72.